The predicted molar refractivity (Wildman–Crippen MR) is 73.7 cm³/mol. The molecule has 4 nitrogen and oxygen atoms in total. The molecule has 0 aliphatic rings. The van der Waals surface area contributed by atoms with Crippen LogP contribution in [0.5, 0.6) is 0 Å². The van der Waals surface area contributed by atoms with Crippen LogP contribution in [0.3, 0.4) is 0 Å². The number of hydrogen-bond acceptors (Lipinski definition) is 3. The van der Waals surface area contributed by atoms with Gasteiger partial charge in [0.05, 0.1) is 0 Å². The van der Waals surface area contributed by atoms with E-state index in [1.165, 1.54) is 0 Å². The van der Waals surface area contributed by atoms with Crippen LogP contribution >= 0.6 is 34.2 Å². The fourth-order valence-electron chi connectivity index (χ4n) is 1.45. The Bertz CT molecular complexity index is 524. The van der Waals surface area contributed by atoms with Gasteiger partial charge in [-0.1, -0.05) is 11.6 Å². The molecule has 0 atom stereocenters. The molecule has 0 bridgehead atoms. The monoisotopic (exact) mass is 348 g/mol. The summed E-state index contributed by atoms with van der Waals surface area (Å²) in [5, 5.41) is 11.9. The molecule has 0 radical (unpaired) electrons. The topological polar surface area (TPSA) is 42.7 Å². The van der Waals surface area contributed by atoms with Gasteiger partial charge in [0, 0.05) is 28.3 Å². The van der Waals surface area contributed by atoms with E-state index in [4.69, 9.17) is 11.6 Å². The first-order valence-electron chi connectivity index (χ1n) is 4.66. The number of halogens is 2. The molecular formula is C10H10ClIN4. The normalized spacial score (nSPS) is 10.5. The molecule has 0 fully saturated rings. The number of nitrogens with zero attached hydrogens (tertiary/aromatic N) is 3. The molecule has 0 unspecified atom stereocenters. The van der Waals surface area contributed by atoms with Gasteiger partial charge in [0.15, 0.2) is 5.82 Å². The quantitative estimate of drug-likeness (QED) is 0.849. The van der Waals surface area contributed by atoms with Gasteiger partial charge in [0.25, 0.3) is 0 Å². The second-order valence-corrected chi connectivity index (χ2v) is 4.88. The van der Waals surface area contributed by atoms with Crippen molar-refractivity contribution in [3.05, 3.63) is 26.8 Å². The minimum Gasteiger partial charge on any atom is -0.357 e. The lowest BCUT2D eigenvalue weighted by Crippen LogP contribution is -2.00. The summed E-state index contributed by atoms with van der Waals surface area (Å²) in [7, 11) is 3.73. The smallest absolute Gasteiger partial charge is 0.224 e. The van der Waals surface area contributed by atoms with Gasteiger partial charge in [-0.25, -0.2) is 0 Å². The van der Waals surface area contributed by atoms with E-state index in [9.17, 15) is 0 Å². The van der Waals surface area contributed by atoms with E-state index < -0.39 is 0 Å². The average Bonchev–Trinajstić information content (AvgIpc) is 2.63. The first-order chi connectivity index (χ1) is 7.63. The summed E-state index contributed by atoms with van der Waals surface area (Å²) in [6.45, 7) is 0. The maximum absolute atomic E-state index is 5.98. The Balaban J connectivity index is 2.58. The standard InChI is InChI=1S/C10H10ClIN4/c1-13-10-15-14-9(16(10)2)7-5-6(11)3-4-8(7)12/h3-5H,1-2H3,(H,13,15). The second-order valence-electron chi connectivity index (χ2n) is 3.28. The fourth-order valence-corrected chi connectivity index (χ4v) is 2.20. The van der Waals surface area contributed by atoms with Crippen molar-refractivity contribution in [2.24, 2.45) is 7.05 Å². The molecule has 0 aliphatic heterocycles. The second kappa shape index (κ2) is 4.58. The molecule has 6 heteroatoms. The van der Waals surface area contributed by atoms with E-state index in [0.717, 1.165) is 20.9 Å². The summed E-state index contributed by atoms with van der Waals surface area (Å²) in [6.07, 6.45) is 0. The van der Waals surface area contributed by atoms with Crippen molar-refractivity contribution in [3.8, 4) is 11.4 Å². The third kappa shape index (κ3) is 2.01. The van der Waals surface area contributed by atoms with Gasteiger partial charge in [0.2, 0.25) is 5.95 Å². The van der Waals surface area contributed by atoms with Crippen LogP contribution in [0.4, 0.5) is 5.95 Å². The molecule has 84 valence electrons. The molecule has 1 N–H and O–H groups in total. The lowest BCUT2D eigenvalue weighted by molar-refractivity contribution is 0.924. The van der Waals surface area contributed by atoms with E-state index in [2.05, 4.69) is 38.1 Å². The highest BCUT2D eigenvalue weighted by Gasteiger charge is 2.12. The van der Waals surface area contributed by atoms with Gasteiger partial charge in [-0.15, -0.1) is 10.2 Å². The van der Waals surface area contributed by atoms with E-state index in [1.807, 2.05) is 36.9 Å². The van der Waals surface area contributed by atoms with Crippen molar-refractivity contribution in [1.82, 2.24) is 14.8 Å². The van der Waals surface area contributed by atoms with Crippen LogP contribution in [-0.4, -0.2) is 21.8 Å². The maximum Gasteiger partial charge on any atom is 0.224 e. The number of hydrogen-bond donors (Lipinski definition) is 1. The summed E-state index contributed by atoms with van der Waals surface area (Å²) in [5.41, 5.74) is 0.990. The van der Waals surface area contributed by atoms with Gasteiger partial charge >= 0.3 is 0 Å². The minimum absolute atomic E-state index is 0.699. The Labute approximate surface area is 112 Å². The third-order valence-electron chi connectivity index (χ3n) is 2.27. The zero-order valence-corrected chi connectivity index (χ0v) is 11.7. The number of anilines is 1. The lowest BCUT2D eigenvalue weighted by Gasteiger charge is -2.05. The van der Waals surface area contributed by atoms with Gasteiger partial charge in [-0.2, -0.15) is 0 Å². The Hall–Kier alpha value is -0.820. The summed E-state index contributed by atoms with van der Waals surface area (Å²) in [5.74, 6) is 1.53. The van der Waals surface area contributed by atoms with E-state index >= 15 is 0 Å². The van der Waals surface area contributed by atoms with E-state index in [0.29, 0.717) is 5.02 Å². The summed E-state index contributed by atoms with van der Waals surface area (Å²) in [6, 6.07) is 5.72. The van der Waals surface area contributed by atoms with Gasteiger partial charge in [-0.05, 0) is 40.8 Å². The molecule has 2 rings (SSSR count). The third-order valence-corrected chi connectivity index (χ3v) is 3.44. The number of rotatable bonds is 2. The molecule has 16 heavy (non-hydrogen) atoms. The fraction of sp³-hybridized carbons (Fsp3) is 0.200. The minimum atomic E-state index is 0.699. The van der Waals surface area contributed by atoms with Crippen molar-refractivity contribution < 1.29 is 0 Å². The van der Waals surface area contributed by atoms with Crippen LogP contribution in [0.25, 0.3) is 11.4 Å². The van der Waals surface area contributed by atoms with Crippen molar-refractivity contribution in [2.75, 3.05) is 12.4 Å². The van der Waals surface area contributed by atoms with Crippen LogP contribution in [0.1, 0.15) is 0 Å². The predicted octanol–water partition coefficient (Wildman–Crippen LogP) is 2.78. The SMILES string of the molecule is CNc1nnc(-c2cc(Cl)ccc2I)n1C. The van der Waals surface area contributed by atoms with Crippen molar-refractivity contribution in [1.29, 1.82) is 0 Å². The molecule has 1 heterocycles. The number of aromatic nitrogens is 3. The van der Waals surface area contributed by atoms with E-state index in [1.54, 1.807) is 0 Å². The Kier molecular flexibility index (Phi) is 3.34. The number of nitrogens with one attached hydrogen (secondary N) is 1. The Morgan fingerprint density at radius 1 is 1.38 bits per heavy atom. The van der Waals surface area contributed by atoms with Crippen LogP contribution < -0.4 is 5.32 Å². The first kappa shape index (κ1) is 11.7. The highest BCUT2D eigenvalue weighted by atomic mass is 127. The molecule has 0 spiro atoms. The Morgan fingerprint density at radius 2 is 2.12 bits per heavy atom. The highest BCUT2D eigenvalue weighted by molar-refractivity contribution is 14.1. The molecule has 0 saturated heterocycles. The van der Waals surface area contributed by atoms with E-state index in [-0.39, 0.29) is 0 Å². The summed E-state index contributed by atoms with van der Waals surface area (Å²) in [4.78, 5) is 0. The number of benzene rings is 1. The Morgan fingerprint density at radius 3 is 2.75 bits per heavy atom. The van der Waals surface area contributed by atoms with Crippen LogP contribution in [-0.2, 0) is 7.05 Å². The first-order valence-corrected chi connectivity index (χ1v) is 6.11. The van der Waals surface area contributed by atoms with Crippen LogP contribution in [0, 0.1) is 3.57 Å². The molecule has 0 aliphatic carbocycles. The maximum atomic E-state index is 5.98. The van der Waals surface area contributed by atoms with Gasteiger partial charge < -0.3 is 5.32 Å². The molecule has 0 saturated carbocycles. The van der Waals surface area contributed by atoms with Gasteiger partial charge in [0.1, 0.15) is 0 Å². The van der Waals surface area contributed by atoms with Crippen LogP contribution in [0.15, 0.2) is 18.2 Å². The lowest BCUT2D eigenvalue weighted by atomic mass is 10.2. The highest BCUT2D eigenvalue weighted by Crippen LogP contribution is 2.27. The zero-order chi connectivity index (χ0) is 11.7. The van der Waals surface area contributed by atoms with Gasteiger partial charge in [-0.3, -0.25) is 4.57 Å². The molecule has 0 amide bonds. The zero-order valence-electron chi connectivity index (χ0n) is 8.83. The molecule has 2 aromatic rings. The summed E-state index contributed by atoms with van der Waals surface area (Å²) < 4.78 is 2.99. The van der Waals surface area contributed by atoms with Crippen LogP contribution in [0.2, 0.25) is 5.02 Å². The average molecular weight is 349 g/mol. The molecular weight excluding hydrogens is 338 g/mol. The molecule has 1 aromatic heterocycles. The largest absolute Gasteiger partial charge is 0.357 e. The van der Waals surface area contributed by atoms with Crippen molar-refractivity contribution in [3.63, 3.8) is 0 Å². The van der Waals surface area contributed by atoms with Crippen molar-refractivity contribution in [2.45, 2.75) is 0 Å². The van der Waals surface area contributed by atoms with Crippen molar-refractivity contribution >= 4 is 40.1 Å². The summed E-state index contributed by atoms with van der Waals surface area (Å²) >= 11 is 8.24. The molecule has 1 aromatic carbocycles.